The highest BCUT2D eigenvalue weighted by molar-refractivity contribution is 7.89. The summed E-state index contributed by atoms with van der Waals surface area (Å²) in [6, 6.07) is 9.68. The van der Waals surface area contributed by atoms with Crippen LogP contribution in [0.4, 0.5) is 0 Å². The average Bonchev–Trinajstić information content (AvgIpc) is 2.68. The van der Waals surface area contributed by atoms with Crippen molar-refractivity contribution in [3.05, 3.63) is 63.1 Å². The van der Waals surface area contributed by atoms with Gasteiger partial charge in [-0.1, -0.05) is 35.3 Å². The Morgan fingerprint density at radius 2 is 1.86 bits per heavy atom. The van der Waals surface area contributed by atoms with Crippen molar-refractivity contribution >= 4 is 39.1 Å². The van der Waals surface area contributed by atoms with Gasteiger partial charge < -0.3 is 10.1 Å². The van der Waals surface area contributed by atoms with Gasteiger partial charge in [-0.2, -0.15) is 4.31 Å². The van der Waals surface area contributed by atoms with Crippen molar-refractivity contribution in [2.24, 2.45) is 0 Å². The minimum atomic E-state index is -3.69. The Morgan fingerprint density at radius 3 is 2.54 bits per heavy atom. The molecule has 6 nitrogen and oxygen atoms in total. The fourth-order valence-electron chi connectivity index (χ4n) is 2.89. The van der Waals surface area contributed by atoms with Crippen LogP contribution in [-0.4, -0.2) is 44.9 Å². The summed E-state index contributed by atoms with van der Waals surface area (Å²) in [6.45, 7) is 3.23. The summed E-state index contributed by atoms with van der Waals surface area (Å²) in [4.78, 5) is 12.7. The predicted molar refractivity (Wildman–Crippen MR) is 108 cm³/mol. The van der Waals surface area contributed by atoms with E-state index in [1.165, 1.54) is 10.4 Å². The summed E-state index contributed by atoms with van der Waals surface area (Å²) in [5.74, 6) is -0.385. The third kappa shape index (κ3) is 4.67. The molecule has 0 spiro atoms. The van der Waals surface area contributed by atoms with E-state index >= 15 is 0 Å². The number of hydrogen-bond donors (Lipinski definition) is 1. The second-order valence-corrected chi connectivity index (χ2v) is 9.17. The lowest BCUT2D eigenvalue weighted by atomic mass is 10.1. The highest BCUT2D eigenvalue weighted by atomic mass is 35.5. The number of morpholine rings is 1. The molecule has 1 aliphatic heterocycles. The van der Waals surface area contributed by atoms with Gasteiger partial charge in [-0.15, -0.1) is 0 Å². The fourth-order valence-corrected chi connectivity index (χ4v) is 5.02. The molecule has 0 aliphatic carbocycles. The highest BCUT2D eigenvalue weighted by Crippen LogP contribution is 2.23. The van der Waals surface area contributed by atoms with Crippen molar-refractivity contribution in [2.45, 2.75) is 18.4 Å². The van der Waals surface area contributed by atoms with Crippen molar-refractivity contribution in [3.8, 4) is 0 Å². The molecule has 28 heavy (non-hydrogen) atoms. The Bertz CT molecular complexity index is 989. The number of ether oxygens (including phenoxy) is 1. The van der Waals surface area contributed by atoms with Gasteiger partial charge in [0.2, 0.25) is 10.0 Å². The van der Waals surface area contributed by atoms with Gasteiger partial charge in [0.1, 0.15) is 0 Å². The summed E-state index contributed by atoms with van der Waals surface area (Å²) in [6.07, 6.45) is 0. The number of carbonyl (C=O) groups is 1. The van der Waals surface area contributed by atoms with Gasteiger partial charge in [0.05, 0.1) is 18.1 Å². The number of sulfonamides is 1. The molecule has 1 fully saturated rings. The molecule has 0 unspecified atom stereocenters. The second-order valence-electron chi connectivity index (χ2n) is 6.42. The van der Waals surface area contributed by atoms with E-state index < -0.39 is 10.0 Å². The zero-order valence-corrected chi connectivity index (χ0v) is 17.6. The molecule has 2 aromatic rings. The molecule has 0 radical (unpaired) electrons. The first kappa shape index (κ1) is 21.1. The van der Waals surface area contributed by atoms with Gasteiger partial charge >= 0.3 is 0 Å². The number of halogens is 2. The maximum atomic E-state index is 12.9. The van der Waals surface area contributed by atoms with Gasteiger partial charge in [-0.05, 0) is 42.3 Å². The van der Waals surface area contributed by atoms with Crippen LogP contribution in [-0.2, 0) is 21.3 Å². The molecule has 1 heterocycles. The Morgan fingerprint density at radius 1 is 1.14 bits per heavy atom. The maximum absolute atomic E-state index is 12.9. The van der Waals surface area contributed by atoms with Crippen LogP contribution in [0.3, 0.4) is 0 Å². The number of benzene rings is 2. The summed E-state index contributed by atoms with van der Waals surface area (Å²) < 4.78 is 32.5. The summed E-state index contributed by atoms with van der Waals surface area (Å²) >= 11 is 12.0. The smallest absolute Gasteiger partial charge is 0.251 e. The van der Waals surface area contributed by atoms with Gasteiger partial charge in [0.25, 0.3) is 5.91 Å². The third-order valence-corrected chi connectivity index (χ3v) is 7.12. The topological polar surface area (TPSA) is 75.7 Å². The van der Waals surface area contributed by atoms with E-state index in [4.69, 9.17) is 27.9 Å². The van der Waals surface area contributed by atoms with E-state index in [0.29, 0.717) is 47.5 Å². The lowest BCUT2D eigenvalue weighted by Gasteiger charge is -2.26. The summed E-state index contributed by atoms with van der Waals surface area (Å²) in [5.41, 5.74) is 1.57. The van der Waals surface area contributed by atoms with Crippen LogP contribution in [0.2, 0.25) is 10.0 Å². The third-order valence-electron chi connectivity index (χ3n) is 4.49. The first-order chi connectivity index (χ1) is 13.3. The number of aryl methyl sites for hydroxylation is 1. The van der Waals surface area contributed by atoms with Crippen molar-refractivity contribution in [1.29, 1.82) is 0 Å². The molecule has 0 saturated carbocycles. The number of carbonyl (C=O) groups excluding carboxylic acids is 1. The van der Waals surface area contributed by atoms with E-state index in [-0.39, 0.29) is 22.9 Å². The Hall–Kier alpha value is -1.64. The molecule has 1 amide bonds. The number of hydrogen-bond acceptors (Lipinski definition) is 4. The monoisotopic (exact) mass is 442 g/mol. The van der Waals surface area contributed by atoms with Crippen molar-refractivity contribution in [2.75, 3.05) is 26.3 Å². The summed E-state index contributed by atoms with van der Waals surface area (Å²) in [7, 11) is -3.69. The Labute approximate surface area is 174 Å². The Kier molecular flexibility index (Phi) is 6.62. The molecule has 2 aromatic carbocycles. The molecule has 9 heteroatoms. The quantitative estimate of drug-likeness (QED) is 0.770. The number of amides is 1. The minimum Gasteiger partial charge on any atom is -0.379 e. The number of nitrogens with zero attached hydrogens (tertiary/aromatic N) is 1. The number of rotatable bonds is 5. The van der Waals surface area contributed by atoms with Gasteiger partial charge in [-0.3, -0.25) is 4.79 Å². The first-order valence-corrected chi connectivity index (χ1v) is 10.9. The van der Waals surface area contributed by atoms with Gasteiger partial charge in [0, 0.05) is 35.2 Å². The lowest BCUT2D eigenvalue weighted by Crippen LogP contribution is -2.41. The van der Waals surface area contributed by atoms with Gasteiger partial charge in [0.15, 0.2) is 0 Å². The standard InChI is InChI=1S/C19H20Cl2N2O4S/c1-13-2-3-14(10-18(13)28(25,26)23-6-8-27-9-7-23)19(24)22-12-15-4-5-16(20)11-17(15)21/h2-5,10-11H,6-9,12H2,1H3,(H,22,24). The largest absolute Gasteiger partial charge is 0.379 e. The predicted octanol–water partition coefficient (Wildman–Crippen LogP) is 3.25. The molecule has 0 bridgehead atoms. The normalized spacial score (nSPS) is 15.4. The minimum absolute atomic E-state index is 0.131. The zero-order valence-electron chi connectivity index (χ0n) is 15.2. The Balaban J connectivity index is 1.79. The van der Waals surface area contributed by atoms with E-state index in [2.05, 4.69) is 5.32 Å². The average molecular weight is 443 g/mol. The zero-order chi connectivity index (χ0) is 20.3. The molecule has 1 N–H and O–H groups in total. The van der Waals surface area contributed by atoms with Gasteiger partial charge in [-0.25, -0.2) is 8.42 Å². The summed E-state index contributed by atoms with van der Waals surface area (Å²) in [5, 5.41) is 3.72. The molecule has 0 aromatic heterocycles. The van der Waals surface area contributed by atoms with Crippen LogP contribution < -0.4 is 5.32 Å². The van der Waals surface area contributed by atoms with Crippen LogP contribution >= 0.6 is 23.2 Å². The van der Waals surface area contributed by atoms with E-state index in [9.17, 15) is 13.2 Å². The van der Waals surface area contributed by atoms with Crippen LogP contribution in [0, 0.1) is 6.92 Å². The molecule has 150 valence electrons. The number of nitrogens with one attached hydrogen (secondary N) is 1. The van der Waals surface area contributed by atoms with Crippen molar-refractivity contribution in [3.63, 3.8) is 0 Å². The molecule has 1 aliphatic rings. The molecular weight excluding hydrogens is 423 g/mol. The second kappa shape index (κ2) is 8.80. The van der Waals surface area contributed by atoms with Crippen LogP contribution in [0.5, 0.6) is 0 Å². The van der Waals surface area contributed by atoms with Crippen LogP contribution in [0.15, 0.2) is 41.3 Å². The molecule has 1 saturated heterocycles. The molecule has 0 atom stereocenters. The van der Waals surface area contributed by atoms with Crippen LogP contribution in [0.25, 0.3) is 0 Å². The van der Waals surface area contributed by atoms with Crippen molar-refractivity contribution in [1.82, 2.24) is 9.62 Å². The van der Waals surface area contributed by atoms with E-state index in [1.54, 1.807) is 37.3 Å². The van der Waals surface area contributed by atoms with Crippen LogP contribution in [0.1, 0.15) is 21.5 Å². The fraction of sp³-hybridized carbons (Fsp3) is 0.316. The van der Waals surface area contributed by atoms with E-state index in [1.807, 2.05) is 0 Å². The molecular formula is C19H20Cl2N2O4S. The maximum Gasteiger partial charge on any atom is 0.251 e. The molecule has 3 rings (SSSR count). The first-order valence-electron chi connectivity index (χ1n) is 8.70. The highest BCUT2D eigenvalue weighted by Gasteiger charge is 2.28. The van der Waals surface area contributed by atoms with E-state index in [0.717, 1.165) is 0 Å². The SMILES string of the molecule is Cc1ccc(C(=O)NCc2ccc(Cl)cc2Cl)cc1S(=O)(=O)N1CCOCC1. The van der Waals surface area contributed by atoms with Crippen molar-refractivity contribution < 1.29 is 17.9 Å². The lowest BCUT2D eigenvalue weighted by molar-refractivity contribution is 0.0730.